The molecule has 2 rings (SSSR count). The summed E-state index contributed by atoms with van der Waals surface area (Å²) in [5, 5.41) is 7.27. The number of imidazole rings is 1. The van der Waals surface area contributed by atoms with Crippen LogP contribution < -0.4 is 10.5 Å². The second-order valence-electron chi connectivity index (χ2n) is 4.29. The second-order valence-corrected chi connectivity index (χ2v) is 5.85. The molecule has 1 aromatic carbocycles. The van der Waals surface area contributed by atoms with E-state index in [0.29, 0.717) is 6.54 Å². The average Bonchev–Trinajstić information content (AvgIpc) is 2.91. The third-order valence-electron chi connectivity index (χ3n) is 2.70. The number of nitrogens with one attached hydrogen (secondary N) is 1. The Morgan fingerprint density at radius 3 is 2.81 bits per heavy atom. The molecule has 9 heteroatoms. The van der Waals surface area contributed by atoms with E-state index < -0.39 is 21.7 Å². The van der Waals surface area contributed by atoms with Crippen LogP contribution in [-0.2, 0) is 21.4 Å². The maximum Gasteiger partial charge on any atom is 0.238 e. The van der Waals surface area contributed by atoms with E-state index in [4.69, 9.17) is 5.14 Å². The van der Waals surface area contributed by atoms with Crippen molar-refractivity contribution in [2.24, 2.45) is 5.14 Å². The van der Waals surface area contributed by atoms with Crippen molar-refractivity contribution >= 4 is 21.6 Å². The quantitative estimate of drug-likeness (QED) is 0.847. The molecule has 0 radical (unpaired) electrons. The molecule has 0 atom stereocenters. The average molecular weight is 312 g/mol. The van der Waals surface area contributed by atoms with Gasteiger partial charge in [0, 0.05) is 25.4 Å². The van der Waals surface area contributed by atoms with E-state index in [2.05, 4.69) is 10.3 Å². The maximum absolute atomic E-state index is 13.6. The van der Waals surface area contributed by atoms with Crippen LogP contribution in [0.5, 0.6) is 0 Å². The number of hydrogen-bond acceptors (Lipinski definition) is 4. The first-order valence-electron chi connectivity index (χ1n) is 5.94. The molecule has 7 nitrogen and oxygen atoms in total. The summed E-state index contributed by atoms with van der Waals surface area (Å²) < 4.78 is 37.6. The van der Waals surface area contributed by atoms with E-state index in [1.54, 1.807) is 23.3 Å². The molecule has 0 saturated carbocycles. The van der Waals surface area contributed by atoms with Crippen molar-refractivity contribution in [3.8, 4) is 0 Å². The smallest absolute Gasteiger partial charge is 0.238 e. The van der Waals surface area contributed by atoms with E-state index in [0.717, 1.165) is 18.2 Å². The van der Waals surface area contributed by atoms with Crippen LogP contribution in [0.25, 0.3) is 0 Å². The number of halogens is 1. The molecule has 0 aliphatic heterocycles. The highest BCUT2D eigenvalue weighted by molar-refractivity contribution is 7.89. The van der Waals surface area contributed by atoms with E-state index in [1.807, 2.05) is 0 Å². The summed E-state index contributed by atoms with van der Waals surface area (Å²) >= 11 is 0. The number of sulfonamides is 1. The first-order chi connectivity index (χ1) is 9.86. The molecule has 112 valence electrons. The standard InChI is InChI=1S/C12H13FN4O3S/c13-10-2-1-9(21(14,19)20)7-11(10)16-12(18)3-5-17-6-4-15-8-17/h1-2,4,6-8H,3,5H2,(H,16,18)(H2,14,19,20). The summed E-state index contributed by atoms with van der Waals surface area (Å²) in [5.74, 6) is -1.19. The van der Waals surface area contributed by atoms with Crippen molar-refractivity contribution in [3.63, 3.8) is 0 Å². The van der Waals surface area contributed by atoms with Gasteiger partial charge in [0.15, 0.2) is 0 Å². The lowest BCUT2D eigenvalue weighted by atomic mass is 10.3. The molecule has 1 amide bonds. The number of hydrogen-bond donors (Lipinski definition) is 2. The van der Waals surface area contributed by atoms with Crippen molar-refractivity contribution in [1.82, 2.24) is 9.55 Å². The van der Waals surface area contributed by atoms with Crippen LogP contribution in [0.2, 0.25) is 0 Å². The highest BCUT2D eigenvalue weighted by Crippen LogP contribution is 2.19. The first kappa shape index (κ1) is 15.1. The van der Waals surface area contributed by atoms with Crippen LogP contribution in [-0.4, -0.2) is 23.9 Å². The Hall–Kier alpha value is -2.26. The molecule has 0 bridgehead atoms. The molecule has 21 heavy (non-hydrogen) atoms. The number of nitrogens with two attached hydrogens (primary N) is 1. The molecule has 1 aromatic heterocycles. The molecule has 0 unspecified atom stereocenters. The van der Waals surface area contributed by atoms with Gasteiger partial charge >= 0.3 is 0 Å². The Kier molecular flexibility index (Phi) is 4.34. The number of amides is 1. The van der Waals surface area contributed by atoms with Gasteiger partial charge in [-0.2, -0.15) is 0 Å². The van der Waals surface area contributed by atoms with Crippen LogP contribution in [0.3, 0.4) is 0 Å². The molecule has 0 aliphatic carbocycles. The van der Waals surface area contributed by atoms with Crippen molar-refractivity contribution < 1.29 is 17.6 Å². The minimum atomic E-state index is -3.96. The number of carbonyl (C=O) groups excluding carboxylic acids is 1. The number of primary sulfonamides is 1. The maximum atomic E-state index is 13.6. The fraction of sp³-hybridized carbons (Fsp3) is 0.167. The topological polar surface area (TPSA) is 107 Å². The molecule has 0 saturated heterocycles. The minimum absolute atomic E-state index is 0.0927. The van der Waals surface area contributed by atoms with Gasteiger partial charge in [0.05, 0.1) is 16.9 Å². The van der Waals surface area contributed by atoms with Gasteiger partial charge in [-0.3, -0.25) is 4.79 Å². The monoisotopic (exact) mass is 312 g/mol. The zero-order valence-corrected chi connectivity index (χ0v) is 11.7. The fourth-order valence-electron chi connectivity index (χ4n) is 1.64. The lowest BCUT2D eigenvalue weighted by Gasteiger charge is -2.08. The van der Waals surface area contributed by atoms with Crippen LogP contribution >= 0.6 is 0 Å². The Morgan fingerprint density at radius 1 is 1.43 bits per heavy atom. The van der Waals surface area contributed by atoms with Crippen LogP contribution in [0.1, 0.15) is 6.42 Å². The summed E-state index contributed by atoms with van der Waals surface area (Å²) in [6, 6.07) is 2.96. The number of nitrogens with zero attached hydrogens (tertiary/aromatic N) is 2. The van der Waals surface area contributed by atoms with Crippen LogP contribution in [0.15, 0.2) is 41.8 Å². The number of rotatable bonds is 5. The highest BCUT2D eigenvalue weighted by atomic mass is 32.2. The Bertz CT molecular complexity index is 744. The summed E-state index contributed by atoms with van der Waals surface area (Å²) in [5.41, 5.74) is -0.225. The van der Waals surface area contributed by atoms with Crippen molar-refractivity contribution in [2.75, 3.05) is 5.32 Å². The number of aromatic nitrogens is 2. The van der Waals surface area contributed by atoms with Gasteiger partial charge < -0.3 is 9.88 Å². The van der Waals surface area contributed by atoms with Crippen LogP contribution in [0, 0.1) is 5.82 Å². The van der Waals surface area contributed by atoms with Gasteiger partial charge in [-0.05, 0) is 18.2 Å². The lowest BCUT2D eigenvalue weighted by Crippen LogP contribution is -2.17. The van der Waals surface area contributed by atoms with Crippen LogP contribution in [0.4, 0.5) is 10.1 Å². The number of carbonyl (C=O) groups is 1. The minimum Gasteiger partial charge on any atom is -0.337 e. The Labute approximate surface area is 120 Å². The predicted octanol–water partition coefficient (Wildman–Crippen LogP) is 0.698. The molecule has 0 spiro atoms. The molecule has 0 aliphatic rings. The number of benzene rings is 1. The Balaban J connectivity index is 2.06. The summed E-state index contributed by atoms with van der Waals surface area (Å²) in [6.45, 7) is 0.377. The molecule has 0 fully saturated rings. The zero-order valence-electron chi connectivity index (χ0n) is 10.9. The Morgan fingerprint density at radius 2 is 2.19 bits per heavy atom. The first-order valence-corrected chi connectivity index (χ1v) is 7.49. The third-order valence-corrected chi connectivity index (χ3v) is 3.61. The predicted molar refractivity (Wildman–Crippen MR) is 73.2 cm³/mol. The normalized spacial score (nSPS) is 11.3. The third kappa shape index (κ3) is 4.10. The summed E-state index contributed by atoms with van der Waals surface area (Å²) in [4.78, 5) is 15.3. The van der Waals surface area contributed by atoms with E-state index in [-0.39, 0.29) is 17.0 Å². The number of anilines is 1. The van der Waals surface area contributed by atoms with Gasteiger partial charge in [0.1, 0.15) is 5.82 Å². The zero-order chi connectivity index (χ0) is 15.5. The number of aryl methyl sites for hydroxylation is 1. The van der Waals surface area contributed by atoms with Gasteiger partial charge in [0.25, 0.3) is 0 Å². The van der Waals surface area contributed by atoms with Gasteiger partial charge in [-0.25, -0.2) is 22.9 Å². The second kappa shape index (κ2) is 6.02. The van der Waals surface area contributed by atoms with Crippen molar-refractivity contribution in [2.45, 2.75) is 17.9 Å². The largest absolute Gasteiger partial charge is 0.337 e. The van der Waals surface area contributed by atoms with Crippen molar-refractivity contribution in [1.29, 1.82) is 0 Å². The fourth-order valence-corrected chi connectivity index (χ4v) is 2.18. The summed E-state index contributed by atoms with van der Waals surface area (Å²) in [6.07, 6.45) is 4.91. The van der Waals surface area contributed by atoms with Gasteiger partial charge in [0.2, 0.25) is 15.9 Å². The molecule has 2 aromatic rings. The summed E-state index contributed by atoms with van der Waals surface area (Å²) in [7, 11) is -3.96. The van der Waals surface area contributed by atoms with Gasteiger partial charge in [-0.15, -0.1) is 0 Å². The molecule has 3 N–H and O–H groups in total. The SMILES string of the molecule is NS(=O)(=O)c1ccc(F)c(NC(=O)CCn2ccnc2)c1. The van der Waals surface area contributed by atoms with E-state index in [1.165, 1.54) is 0 Å². The van der Waals surface area contributed by atoms with E-state index >= 15 is 0 Å². The highest BCUT2D eigenvalue weighted by Gasteiger charge is 2.13. The van der Waals surface area contributed by atoms with Crippen molar-refractivity contribution in [3.05, 3.63) is 42.7 Å². The molecular formula is C12H13FN4O3S. The molecular weight excluding hydrogens is 299 g/mol. The lowest BCUT2D eigenvalue weighted by molar-refractivity contribution is -0.116. The van der Waals surface area contributed by atoms with E-state index in [9.17, 15) is 17.6 Å². The molecule has 1 heterocycles. The van der Waals surface area contributed by atoms with Gasteiger partial charge in [-0.1, -0.05) is 0 Å².